The first-order chi connectivity index (χ1) is 9.86. The highest BCUT2D eigenvalue weighted by atomic mass is 79.9. The van der Waals surface area contributed by atoms with Gasteiger partial charge in [-0.05, 0) is 35.8 Å². The molecule has 0 aliphatic rings. The Labute approximate surface area is 128 Å². The molecule has 1 N–H and O–H groups in total. The Morgan fingerprint density at radius 2 is 1.95 bits per heavy atom. The number of rotatable bonds is 4. The van der Waals surface area contributed by atoms with E-state index in [0.29, 0.717) is 16.7 Å². The van der Waals surface area contributed by atoms with Crippen LogP contribution in [0.5, 0.6) is 0 Å². The maximum absolute atomic E-state index is 13.7. The van der Waals surface area contributed by atoms with Crippen LogP contribution in [-0.2, 0) is 13.0 Å². The molecule has 1 atom stereocenters. The second kappa shape index (κ2) is 6.19. The van der Waals surface area contributed by atoms with Gasteiger partial charge >= 0.3 is 0 Å². The summed E-state index contributed by atoms with van der Waals surface area (Å²) in [7, 11) is 0. The summed E-state index contributed by atoms with van der Waals surface area (Å²) in [5.41, 5.74) is 1.14. The van der Waals surface area contributed by atoms with E-state index in [2.05, 4.69) is 21.0 Å². The molecule has 2 aromatic rings. The van der Waals surface area contributed by atoms with Gasteiger partial charge in [0.1, 0.15) is 0 Å². The van der Waals surface area contributed by atoms with Crippen molar-refractivity contribution in [2.24, 2.45) is 0 Å². The first kappa shape index (κ1) is 16.0. The van der Waals surface area contributed by atoms with Crippen molar-refractivity contribution in [1.82, 2.24) is 9.78 Å². The number of aryl methyl sites for hydroxylation is 2. The molecule has 7 heteroatoms. The Morgan fingerprint density at radius 3 is 2.57 bits per heavy atom. The van der Waals surface area contributed by atoms with Crippen LogP contribution in [0.2, 0.25) is 0 Å². The fraction of sp³-hybridized carbons (Fsp3) is 0.357. The van der Waals surface area contributed by atoms with Gasteiger partial charge < -0.3 is 5.11 Å². The lowest BCUT2D eigenvalue weighted by Gasteiger charge is -2.14. The van der Waals surface area contributed by atoms with Crippen LogP contribution >= 0.6 is 15.9 Å². The molecule has 0 spiro atoms. The van der Waals surface area contributed by atoms with Crippen LogP contribution < -0.4 is 0 Å². The Morgan fingerprint density at radius 1 is 1.29 bits per heavy atom. The van der Waals surface area contributed by atoms with Gasteiger partial charge in [-0.25, -0.2) is 13.2 Å². The summed E-state index contributed by atoms with van der Waals surface area (Å²) in [5.74, 6) is -4.22. The number of aromatic nitrogens is 2. The highest BCUT2D eigenvalue weighted by Gasteiger charge is 2.22. The maximum Gasteiger partial charge on any atom is 0.194 e. The van der Waals surface area contributed by atoms with Gasteiger partial charge in [-0.2, -0.15) is 5.10 Å². The van der Waals surface area contributed by atoms with Gasteiger partial charge in [0.15, 0.2) is 17.5 Å². The Hall–Kier alpha value is -1.34. The van der Waals surface area contributed by atoms with Crippen molar-refractivity contribution >= 4 is 15.9 Å². The first-order valence-electron chi connectivity index (χ1n) is 6.40. The maximum atomic E-state index is 13.7. The quantitative estimate of drug-likeness (QED) is 0.842. The Bertz CT molecular complexity index is 673. The number of aliphatic hydroxyl groups is 1. The lowest BCUT2D eigenvalue weighted by molar-refractivity contribution is 0.168. The Kier molecular flexibility index (Phi) is 4.73. The van der Waals surface area contributed by atoms with Gasteiger partial charge in [0.25, 0.3) is 0 Å². The number of hydrogen-bond acceptors (Lipinski definition) is 2. The smallest absolute Gasteiger partial charge is 0.194 e. The van der Waals surface area contributed by atoms with Crippen molar-refractivity contribution in [3.8, 4) is 0 Å². The van der Waals surface area contributed by atoms with Crippen molar-refractivity contribution in [3.05, 3.63) is 51.0 Å². The summed E-state index contributed by atoms with van der Waals surface area (Å²) < 4.78 is 42.2. The van der Waals surface area contributed by atoms with E-state index in [1.165, 1.54) is 0 Å². The van der Waals surface area contributed by atoms with Gasteiger partial charge in [-0.1, -0.05) is 6.07 Å². The van der Waals surface area contributed by atoms with E-state index in [1.54, 1.807) is 11.6 Å². The second-order valence-electron chi connectivity index (χ2n) is 4.65. The van der Waals surface area contributed by atoms with Crippen molar-refractivity contribution in [1.29, 1.82) is 0 Å². The molecule has 3 nitrogen and oxygen atoms in total. The molecule has 0 saturated carbocycles. The standard InChI is InChI=1S/C14H14BrF3N2O/c1-3-20-10(12(15)7(2)19-20)6-11(21)8-4-5-9(16)14(18)13(8)17/h4-5,11,21H,3,6H2,1-2H3. The highest BCUT2D eigenvalue weighted by Crippen LogP contribution is 2.28. The van der Waals surface area contributed by atoms with Crippen LogP contribution in [0.15, 0.2) is 16.6 Å². The summed E-state index contributed by atoms with van der Waals surface area (Å²) in [6.45, 7) is 4.26. The zero-order chi connectivity index (χ0) is 15.7. The predicted molar refractivity (Wildman–Crippen MR) is 75.3 cm³/mol. The molecule has 0 saturated heterocycles. The molecule has 0 aliphatic heterocycles. The molecule has 21 heavy (non-hydrogen) atoms. The third kappa shape index (κ3) is 2.98. The number of aliphatic hydroxyl groups excluding tert-OH is 1. The minimum absolute atomic E-state index is 0.0389. The molecule has 0 radical (unpaired) electrons. The molecule has 0 aliphatic carbocycles. The molecule has 1 aromatic carbocycles. The van der Waals surface area contributed by atoms with Gasteiger partial charge in [0.2, 0.25) is 0 Å². The van der Waals surface area contributed by atoms with E-state index in [9.17, 15) is 18.3 Å². The molecule has 1 heterocycles. The van der Waals surface area contributed by atoms with E-state index in [4.69, 9.17) is 0 Å². The predicted octanol–water partition coefficient (Wildman–Crippen LogP) is 3.67. The monoisotopic (exact) mass is 362 g/mol. The summed E-state index contributed by atoms with van der Waals surface area (Å²) in [4.78, 5) is 0. The fourth-order valence-electron chi connectivity index (χ4n) is 2.16. The first-order valence-corrected chi connectivity index (χ1v) is 7.19. The highest BCUT2D eigenvalue weighted by molar-refractivity contribution is 9.10. The SMILES string of the molecule is CCn1nc(C)c(Br)c1CC(O)c1ccc(F)c(F)c1F. The van der Waals surface area contributed by atoms with Gasteiger partial charge in [0, 0.05) is 18.5 Å². The van der Waals surface area contributed by atoms with E-state index >= 15 is 0 Å². The fourth-order valence-corrected chi connectivity index (χ4v) is 2.60. The van der Waals surface area contributed by atoms with Gasteiger partial charge in [0.05, 0.1) is 22.0 Å². The van der Waals surface area contributed by atoms with Crippen molar-refractivity contribution in [2.75, 3.05) is 0 Å². The zero-order valence-corrected chi connectivity index (χ0v) is 13.1. The molecule has 0 fully saturated rings. The van der Waals surface area contributed by atoms with Crippen LogP contribution in [0.1, 0.15) is 30.0 Å². The number of nitrogens with zero attached hydrogens (tertiary/aromatic N) is 2. The topological polar surface area (TPSA) is 38.0 Å². The third-order valence-electron chi connectivity index (χ3n) is 3.26. The molecule has 2 rings (SSSR count). The van der Waals surface area contributed by atoms with Crippen LogP contribution in [0, 0.1) is 24.4 Å². The van der Waals surface area contributed by atoms with Gasteiger partial charge in [-0.15, -0.1) is 0 Å². The van der Waals surface area contributed by atoms with E-state index in [1.807, 2.05) is 6.92 Å². The third-order valence-corrected chi connectivity index (χ3v) is 4.30. The summed E-state index contributed by atoms with van der Waals surface area (Å²) in [6, 6.07) is 1.85. The van der Waals surface area contributed by atoms with E-state index in [-0.39, 0.29) is 12.0 Å². The molecule has 0 amide bonds. The molecule has 0 bridgehead atoms. The van der Waals surface area contributed by atoms with E-state index in [0.717, 1.165) is 17.8 Å². The minimum atomic E-state index is -1.58. The average molecular weight is 363 g/mol. The summed E-state index contributed by atoms with van der Waals surface area (Å²) in [6.07, 6.45) is -1.25. The van der Waals surface area contributed by atoms with Crippen molar-refractivity contribution < 1.29 is 18.3 Å². The molecule has 1 unspecified atom stereocenters. The van der Waals surface area contributed by atoms with Crippen LogP contribution in [-0.4, -0.2) is 14.9 Å². The molecular formula is C14H14BrF3N2O. The molecule has 1 aromatic heterocycles. The second-order valence-corrected chi connectivity index (χ2v) is 5.44. The molecule has 114 valence electrons. The number of benzene rings is 1. The normalized spacial score (nSPS) is 12.7. The van der Waals surface area contributed by atoms with Gasteiger partial charge in [-0.3, -0.25) is 4.68 Å². The van der Waals surface area contributed by atoms with E-state index < -0.39 is 23.6 Å². The largest absolute Gasteiger partial charge is 0.388 e. The lowest BCUT2D eigenvalue weighted by Crippen LogP contribution is -2.11. The average Bonchev–Trinajstić information content (AvgIpc) is 2.72. The molecular weight excluding hydrogens is 349 g/mol. The number of hydrogen-bond donors (Lipinski definition) is 1. The lowest BCUT2D eigenvalue weighted by atomic mass is 10.0. The van der Waals surface area contributed by atoms with Crippen LogP contribution in [0.4, 0.5) is 13.2 Å². The summed E-state index contributed by atoms with van der Waals surface area (Å²) >= 11 is 3.37. The van der Waals surface area contributed by atoms with Crippen LogP contribution in [0.3, 0.4) is 0 Å². The minimum Gasteiger partial charge on any atom is -0.388 e. The summed E-state index contributed by atoms with van der Waals surface area (Å²) in [5, 5.41) is 14.4. The number of halogens is 4. The van der Waals surface area contributed by atoms with Crippen molar-refractivity contribution in [2.45, 2.75) is 32.9 Å². The van der Waals surface area contributed by atoms with Crippen LogP contribution in [0.25, 0.3) is 0 Å². The van der Waals surface area contributed by atoms with Crippen molar-refractivity contribution in [3.63, 3.8) is 0 Å². The Balaban J connectivity index is 2.35. The zero-order valence-electron chi connectivity index (χ0n) is 11.5.